The van der Waals surface area contributed by atoms with Crippen molar-refractivity contribution in [1.29, 1.82) is 0 Å². The van der Waals surface area contributed by atoms with Crippen molar-refractivity contribution in [2.75, 3.05) is 13.2 Å². The van der Waals surface area contributed by atoms with Crippen LogP contribution in [0.1, 0.15) is 43.6 Å². The first-order valence-corrected chi connectivity index (χ1v) is 11.3. The number of ether oxygens (including phenoxy) is 2. The number of nitrogens with zero attached hydrogens (tertiary/aromatic N) is 1. The van der Waals surface area contributed by atoms with Crippen LogP contribution in [0.25, 0.3) is 0 Å². The van der Waals surface area contributed by atoms with Gasteiger partial charge in [0.25, 0.3) is 11.8 Å². The SMILES string of the molecule is CCOc1cc(C=NNC(=O)C(NC(=O)c2ccc(F)cc2)C(C)C)cc(I)c1OCC. The van der Waals surface area contributed by atoms with Gasteiger partial charge in [0.1, 0.15) is 11.9 Å². The molecule has 172 valence electrons. The number of halogens is 2. The van der Waals surface area contributed by atoms with Crippen molar-refractivity contribution >= 4 is 40.6 Å². The van der Waals surface area contributed by atoms with E-state index in [9.17, 15) is 14.0 Å². The van der Waals surface area contributed by atoms with E-state index < -0.39 is 23.7 Å². The molecule has 0 aliphatic rings. The molecular formula is C23H27FIN3O4. The van der Waals surface area contributed by atoms with Crippen molar-refractivity contribution in [2.24, 2.45) is 11.0 Å². The summed E-state index contributed by atoms with van der Waals surface area (Å²) in [7, 11) is 0. The number of hydrogen-bond donors (Lipinski definition) is 2. The minimum absolute atomic E-state index is 0.189. The summed E-state index contributed by atoms with van der Waals surface area (Å²) in [5, 5.41) is 6.70. The molecule has 0 aromatic heterocycles. The van der Waals surface area contributed by atoms with E-state index in [0.717, 1.165) is 9.13 Å². The highest BCUT2D eigenvalue weighted by Gasteiger charge is 2.24. The van der Waals surface area contributed by atoms with Crippen molar-refractivity contribution in [3.8, 4) is 11.5 Å². The molecule has 2 amide bonds. The van der Waals surface area contributed by atoms with Gasteiger partial charge in [-0.2, -0.15) is 5.10 Å². The van der Waals surface area contributed by atoms with Gasteiger partial charge in [-0.05, 0) is 84.3 Å². The van der Waals surface area contributed by atoms with Crippen LogP contribution in [-0.4, -0.2) is 37.3 Å². The van der Waals surface area contributed by atoms with Crippen LogP contribution >= 0.6 is 22.6 Å². The number of hydrazone groups is 1. The van der Waals surface area contributed by atoms with Crippen molar-refractivity contribution < 1.29 is 23.5 Å². The first-order chi connectivity index (χ1) is 15.3. The van der Waals surface area contributed by atoms with E-state index in [-0.39, 0.29) is 11.5 Å². The molecule has 0 spiro atoms. The summed E-state index contributed by atoms with van der Waals surface area (Å²) in [5.41, 5.74) is 3.46. The Morgan fingerprint density at radius 2 is 1.78 bits per heavy atom. The quantitative estimate of drug-likeness (QED) is 0.262. The number of benzene rings is 2. The van der Waals surface area contributed by atoms with Crippen LogP contribution < -0.4 is 20.2 Å². The molecule has 0 fully saturated rings. The van der Waals surface area contributed by atoms with Crippen molar-refractivity contribution in [2.45, 2.75) is 33.7 Å². The Morgan fingerprint density at radius 1 is 1.12 bits per heavy atom. The Balaban J connectivity index is 2.09. The maximum absolute atomic E-state index is 13.1. The summed E-state index contributed by atoms with van der Waals surface area (Å²) < 4.78 is 25.2. The number of carbonyl (C=O) groups is 2. The molecule has 0 aliphatic carbocycles. The van der Waals surface area contributed by atoms with Crippen molar-refractivity contribution in [3.63, 3.8) is 0 Å². The fourth-order valence-electron chi connectivity index (χ4n) is 2.81. The highest BCUT2D eigenvalue weighted by molar-refractivity contribution is 14.1. The van der Waals surface area contributed by atoms with Gasteiger partial charge in [-0.3, -0.25) is 9.59 Å². The van der Waals surface area contributed by atoms with Crippen LogP contribution in [0.4, 0.5) is 4.39 Å². The van der Waals surface area contributed by atoms with Crippen molar-refractivity contribution in [1.82, 2.24) is 10.7 Å². The van der Waals surface area contributed by atoms with E-state index in [1.165, 1.54) is 30.5 Å². The lowest BCUT2D eigenvalue weighted by Gasteiger charge is -2.20. The van der Waals surface area contributed by atoms with Crippen molar-refractivity contribution in [3.05, 3.63) is 56.9 Å². The molecule has 0 heterocycles. The molecule has 2 aromatic carbocycles. The third-order valence-electron chi connectivity index (χ3n) is 4.35. The third kappa shape index (κ3) is 7.18. The zero-order valence-electron chi connectivity index (χ0n) is 18.4. The van der Waals surface area contributed by atoms with Gasteiger partial charge < -0.3 is 14.8 Å². The van der Waals surface area contributed by atoms with E-state index in [1.807, 2.05) is 33.8 Å². The van der Waals surface area contributed by atoms with Crippen LogP contribution in [0, 0.1) is 15.3 Å². The molecule has 32 heavy (non-hydrogen) atoms. The van der Waals surface area contributed by atoms with Crippen LogP contribution in [0.15, 0.2) is 41.5 Å². The summed E-state index contributed by atoms with van der Waals surface area (Å²) in [6, 6.07) is 7.94. The van der Waals surface area contributed by atoms with Gasteiger partial charge in [-0.1, -0.05) is 13.8 Å². The monoisotopic (exact) mass is 555 g/mol. The number of nitrogens with one attached hydrogen (secondary N) is 2. The van der Waals surface area contributed by atoms with E-state index in [0.29, 0.717) is 24.7 Å². The molecular weight excluding hydrogens is 528 g/mol. The number of hydrogen-bond acceptors (Lipinski definition) is 5. The van der Waals surface area contributed by atoms with E-state index >= 15 is 0 Å². The fraction of sp³-hybridized carbons (Fsp3) is 0.348. The largest absolute Gasteiger partial charge is 0.490 e. The molecule has 0 radical (unpaired) electrons. The molecule has 1 atom stereocenters. The van der Waals surface area contributed by atoms with Gasteiger partial charge in [0, 0.05) is 5.56 Å². The molecule has 7 nitrogen and oxygen atoms in total. The molecule has 9 heteroatoms. The zero-order chi connectivity index (χ0) is 23.7. The van der Waals surface area contributed by atoms with Gasteiger partial charge in [0.2, 0.25) is 0 Å². The maximum atomic E-state index is 13.1. The summed E-state index contributed by atoms with van der Waals surface area (Å²) >= 11 is 2.15. The summed E-state index contributed by atoms with van der Waals surface area (Å²) in [4.78, 5) is 25.0. The molecule has 1 unspecified atom stereocenters. The Kier molecular flexibility index (Phi) is 9.89. The molecule has 0 saturated heterocycles. The summed E-state index contributed by atoms with van der Waals surface area (Å²) in [5.74, 6) is -0.293. The minimum atomic E-state index is -0.816. The lowest BCUT2D eigenvalue weighted by atomic mass is 10.0. The van der Waals surface area contributed by atoms with Crippen LogP contribution in [-0.2, 0) is 4.79 Å². The number of amides is 2. The predicted molar refractivity (Wildman–Crippen MR) is 130 cm³/mol. The smallest absolute Gasteiger partial charge is 0.262 e. The standard InChI is InChI=1S/C23H27FIN3O4/c1-5-31-19-12-15(11-18(25)21(19)32-6-2)13-26-28-23(30)20(14(3)4)27-22(29)16-7-9-17(24)10-8-16/h7-14,20H,5-6H2,1-4H3,(H,27,29)(H,28,30). The lowest BCUT2D eigenvalue weighted by Crippen LogP contribution is -2.48. The summed E-state index contributed by atoms with van der Waals surface area (Å²) in [6.45, 7) is 8.40. The molecule has 2 N–H and O–H groups in total. The van der Waals surface area contributed by atoms with Crippen LogP contribution in [0.2, 0.25) is 0 Å². The molecule has 0 bridgehead atoms. The highest BCUT2D eigenvalue weighted by Crippen LogP contribution is 2.33. The molecule has 0 aliphatic heterocycles. The van der Waals surface area contributed by atoms with Crippen LogP contribution in [0.5, 0.6) is 11.5 Å². The average molecular weight is 555 g/mol. The first-order valence-electron chi connectivity index (χ1n) is 10.2. The predicted octanol–water partition coefficient (Wildman–Crippen LogP) is 4.13. The Bertz CT molecular complexity index is 964. The van der Waals surface area contributed by atoms with E-state index in [1.54, 1.807) is 6.07 Å². The Morgan fingerprint density at radius 3 is 2.38 bits per heavy atom. The second-order valence-electron chi connectivity index (χ2n) is 7.13. The highest BCUT2D eigenvalue weighted by atomic mass is 127. The fourth-order valence-corrected chi connectivity index (χ4v) is 3.59. The summed E-state index contributed by atoms with van der Waals surface area (Å²) in [6.07, 6.45) is 1.50. The molecule has 2 rings (SSSR count). The topological polar surface area (TPSA) is 89.0 Å². The van der Waals surface area contributed by atoms with E-state index in [2.05, 4.69) is 38.4 Å². The minimum Gasteiger partial charge on any atom is -0.490 e. The number of rotatable bonds is 10. The molecule has 2 aromatic rings. The van der Waals surface area contributed by atoms with Gasteiger partial charge in [0.15, 0.2) is 11.5 Å². The Labute approximate surface area is 200 Å². The molecule has 0 saturated carbocycles. The maximum Gasteiger partial charge on any atom is 0.262 e. The normalized spacial score (nSPS) is 12.0. The average Bonchev–Trinajstić information content (AvgIpc) is 2.74. The van der Waals surface area contributed by atoms with Gasteiger partial charge in [-0.15, -0.1) is 0 Å². The third-order valence-corrected chi connectivity index (χ3v) is 5.15. The van der Waals surface area contributed by atoms with Gasteiger partial charge in [-0.25, -0.2) is 9.82 Å². The second-order valence-corrected chi connectivity index (χ2v) is 8.29. The number of carbonyl (C=O) groups excluding carboxylic acids is 2. The Hall–Kier alpha value is -2.69. The van der Waals surface area contributed by atoms with Gasteiger partial charge in [0.05, 0.1) is 23.0 Å². The zero-order valence-corrected chi connectivity index (χ0v) is 20.6. The van der Waals surface area contributed by atoms with Crippen LogP contribution in [0.3, 0.4) is 0 Å². The second kappa shape index (κ2) is 12.4. The van der Waals surface area contributed by atoms with Gasteiger partial charge >= 0.3 is 0 Å². The lowest BCUT2D eigenvalue weighted by molar-refractivity contribution is -0.123. The first kappa shape index (κ1) is 25.6. The van der Waals surface area contributed by atoms with E-state index in [4.69, 9.17) is 9.47 Å².